The van der Waals surface area contributed by atoms with Crippen LogP contribution in [0, 0.1) is 27.7 Å². The van der Waals surface area contributed by atoms with Gasteiger partial charge in [-0.25, -0.2) is 0 Å². The molecular weight excluding hydrogens is 248 g/mol. The van der Waals surface area contributed by atoms with Gasteiger partial charge in [-0.1, -0.05) is 12.2 Å². The average molecular weight is 268 g/mol. The van der Waals surface area contributed by atoms with E-state index in [4.69, 9.17) is 0 Å². The van der Waals surface area contributed by atoms with Crippen molar-refractivity contribution < 1.29 is 10.2 Å². The van der Waals surface area contributed by atoms with Crippen LogP contribution in [0.5, 0.6) is 11.5 Å². The maximum atomic E-state index is 9.78. The zero-order valence-electron chi connectivity index (χ0n) is 12.4. The number of benzene rings is 2. The third-order valence-electron chi connectivity index (χ3n) is 3.53. The fourth-order valence-corrected chi connectivity index (χ4v) is 2.48. The van der Waals surface area contributed by atoms with Crippen molar-refractivity contribution in [3.8, 4) is 11.5 Å². The molecule has 20 heavy (non-hydrogen) atoms. The van der Waals surface area contributed by atoms with E-state index < -0.39 is 0 Å². The van der Waals surface area contributed by atoms with Crippen molar-refractivity contribution in [2.75, 3.05) is 0 Å². The molecule has 2 aromatic carbocycles. The van der Waals surface area contributed by atoms with Gasteiger partial charge in [-0.2, -0.15) is 0 Å². The molecule has 2 nitrogen and oxygen atoms in total. The van der Waals surface area contributed by atoms with Crippen LogP contribution >= 0.6 is 0 Å². The van der Waals surface area contributed by atoms with Crippen LogP contribution in [0.3, 0.4) is 0 Å². The van der Waals surface area contributed by atoms with Crippen molar-refractivity contribution in [2.45, 2.75) is 27.7 Å². The second-order valence-electron chi connectivity index (χ2n) is 5.33. The van der Waals surface area contributed by atoms with Crippen LogP contribution in [0.4, 0.5) is 0 Å². The summed E-state index contributed by atoms with van der Waals surface area (Å²) in [7, 11) is 0. The van der Waals surface area contributed by atoms with Gasteiger partial charge in [0, 0.05) is 0 Å². The standard InChI is InChI=1S/C18H20O2/c1-11-9-16(19)10-12(2)17(11)6-5-15-7-13(3)18(20)14(4)8-15/h5-10,19-20H,1-4H3/b6-5+. The summed E-state index contributed by atoms with van der Waals surface area (Å²) < 4.78 is 0. The SMILES string of the molecule is Cc1cc(/C=C/c2c(C)cc(O)cc2C)cc(C)c1O. The molecule has 104 valence electrons. The highest BCUT2D eigenvalue weighted by atomic mass is 16.3. The van der Waals surface area contributed by atoms with E-state index in [2.05, 4.69) is 6.08 Å². The lowest BCUT2D eigenvalue weighted by Gasteiger charge is -2.07. The van der Waals surface area contributed by atoms with Gasteiger partial charge in [-0.05, 0) is 85.3 Å². The molecule has 0 aliphatic rings. The fraction of sp³-hybridized carbons (Fsp3) is 0.222. The Morgan fingerprint density at radius 3 is 1.70 bits per heavy atom. The van der Waals surface area contributed by atoms with Crippen LogP contribution in [-0.4, -0.2) is 10.2 Å². The van der Waals surface area contributed by atoms with Gasteiger partial charge in [0.05, 0.1) is 0 Å². The minimum absolute atomic E-state index is 0.300. The van der Waals surface area contributed by atoms with Crippen LogP contribution in [0.15, 0.2) is 24.3 Å². The van der Waals surface area contributed by atoms with E-state index >= 15 is 0 Å². The normalized spacial score (nSPS) is 11.2. The zero-order valence-corrected chi connectivity index (χ0v) is 12.4. The molecule has 2 aromatic rings. The second kappa shape index (κ2) is 5.41. The quantitative estimate of drug-likeness (QED) is 0.787. The summed E-state index contributed by atoms with van der Waals surface area (Å²) in [5.41, 5.74) is 6.03. The molecule has 0 heterocycles. The van der Waals surface area contributed by atoms with E-state index in [0.29, 0.717) is 11.5 Å². The van der Waals surface area contributed by atoms with Gasteiger partial charge in [0.1, 0.15) is 11.5 Å². The van der Waals surface area contributed by atoms with Crippen molar-refractivity contribution in [3.05, 3.63) is 57.6 Å². The van der Waals surface area contributed by atoms with Gasteiger partial charge >= 0.3 is 0 Å². The molecule has 0 aliphatic carbocycles. The predicted octanol–water partition coefficient (Wildman–Crippen LogP) is 4.50. The van der Waals surface area contributed by atoms with Crippen molar-refractivity contribution >= 4 is 12.2 Å². The number of aryl methyl sites for hydroxylation is 4. The largest absolute Gasteiger partial charge is 0.508 e. The molecule has 0 amide bonds. The minimum atomic E-state index is 0.300. The first-order valence-electron chi connectivity index (χ1n) is 6.67. The van der Waals surface area contributed by atoms with E-state index in [1.165, 1.54) is 0 Å². The van der Waals surface area contributed by atoms with E-state index in [9.17, 15) is 10.2 Å². The molecule has 0 atom stereocenters. The lowest BCUT2D eigenvalue weighted by Crippen LogP contribution is -1.87. The van der Waals surface area contributed by atoms with Crippen molar-refractivity contribution in [2.24, 2.45) is 0 Å². The molecule has 2 rings (SSSR count). The maximum Gasteiger partial charge on any atom is 0.121 e. The first-order valence-corrected chi connectivity index (χ1v) is 6.67. The van der Waals surface area contributed by atoms with Crippen molar-refractivity contribution in [1.29, 1.82) is 0 Å². The van der Waals surface area contributed by atoms with Gasteiger partial charge in [0.25, 0.3) is 0 Å². The summed E-state index contributed by atoms with van der Waals surface area (Å²) in [6.45, 7) is 7.77. The highest BCUT2D eigenvalue weighted by Crippen LogP contribution is 2.26. The van der Waals surface area contributed by atoms with Crippen molar-refractivity contribution in [3.63, 3.8) is 0 Å². The smallest absolute Gasteiger partial charge is 0.121 e. The first-order chi connectivity index (χ1) is 9.38. The van der Waals surface area contributed by atoms with E-state index in [0.717, 1.165) is 33.4 Å². The molecule has 0 saturated heterocycles. The van der Waals surface area contributed by atoms with Crippen molar-refractivity contribution in [1.82, 2.24) is 0 Å². The summed E-state index contributed by atoms with van der Waals surface area (Å²) in [5, 5.41) is 19.3. The van der Waals surface area contributed by atoms with Crippen LogP contribution in [0.2, 0.25) is 0 Å². The maximum absolute atomic E-state index is 9.78. The number of hydrogen-bond acceptors (Lipinski definition) is 2. The van der Waals surface area contributed by atoms with Gasteiger partial charge in [-0.3, -0.25) is 0 Å². The molecule has 0 fully saturated rings. The predicted molar refractivity (Wildman–Crippen MR) is 84.1 cm³/mol. The fourth-order valence-electron chi connectivity index (χ4n) is 2.48. The van der Waals surface area contributed by atoms with Crippen LogP contribution < -0.4 is 0 Å². The van der Waals surface area contributed by atoms with Crippen LogP contribution in [0.25, 0.3) is 12.2 Å². The summed E-state index contributed by atoms with van der Waals surface area (Å²) in [5.74, 6) is 0.660. The zero-order chi connectivity index (χ0) is 14.9. The number of rotatable bonds is 2. The lowest BCUT2D eigenvalue weighted by molar-refractivity contribution is 0.467. The Labute approximate surface area is 120 Å². The summed E-state index contributed by atoms with van der Waals surface area (Å²) in [6, 6.07) is 7.45. The molecule has 0 spiro atoms. The Kier molecular flexibility index (Phi) is 3.84. The molecule has 0 aromatic heterocycles. The number of aromatic hydroxyl groups is 2. The average Bonchev–Trinajstić information content (AvgIpc) is 2.34. The van der Waals surface area contributed by atoms with Gasteiger partial charge in [0.2, 0.25) is 0 Å². The molecule has 0 aliphatic heterocycles. The number of phenolic OH excluding ortho intramolecular Hbond substituents is 2. The molecule has 2 heteroatoms. The molecular formula is C18H20O2. The Morgan fingerprint density at radius 2 is 1.20 bits per heavy atom. The monoisotopic (exact) mass is 268 g/mol. The third kappa shape index (κ3) is 2.85. The van der Waals surface area contributed by atoms with E-state index in [-0.39, 0.29) is 0 Å². The van der Waals surface area contributed by atoms with E-state index in [1.807, 2.05) is 45.9 Å². The Balaban J connectivity index is 2.40. The van der Waals surface area contributed by atoms with Crippen LogP contribution in [-0.2, 0) is 0 Å². The highest BCUT2D eigenvalue weighted by molar-refractivity contribution is 5.74. The number of phenols is 2. The Bertz CT molecular complexity index is 636. The summed E-state index contributed by atoms with van der Waals surface area (Å²) in [6.07, 6.45) is 4.08. The molecule has 0 radical (unpaired) electrons. The Morgan fingerprint density at radius 1 is 0.700 bits per heavy atom. The van der Waals surface area contributed by atoms with Gasteiger partial charge < -0.3 is 10.2 Å². The summed E-state index contributed by atoms with van der Waals surface area (Å²) >= 11 is 0. The summed E-state index contributed by atoms with van der Waals surface area (Å²) in [4.78, 5) is 0. The topological polar surface area (TPSA) is 40.5 Å². The first kappa shape index (κ1) is 14.2. The molecule has 0 unspecified atom stereocenters. The number of hydrogen-bond donors (Lipinski definition) is 2. The molecule has 0 bridgehead atoms. The second-order valence-corrected chi connectivity index (χ2v) is 5.33. The highest BCUT2D eigenvalue weighted by Gasteiger charge is 2.03. The van der Waals surface area contributed by atoms with Gasteiger partial charge in [-0.15, -0.1) is 0 Å². The van der Waals surface area contributed by atoms with Crippen LogP contribution in [0.1, 0.15) is 33.4 Å². The molecule has 2 N–H and O–H groups in total. The van der Waals surface area contributed by atoms with Gasteiger partial charge in [0.15, 0.2) is 0 Å². The molecule has 0 saturated carbocycles. The minimum Gasteiger partial charge on any atom is -0.508 e. The third-order valence-corrected chi connectivity index (χ3v) is 3.53. The van der Waals surface area contributed by atoms with E-state index in [1.54, 1.807) is 12.1 Å². The Hall–Kier alpha value is -2.22. The lowest BCUT2D eigenvalue weighted by atomic mass is 10.00.